The number of hydrogen-bond donors (Lipinski definition) is 0. The van der Waals surface area contributed by atoms with Gasteiger partial charge in [0.25, 0.3) is 0 Å². The molecule has 0 aliphatic carbocycles. The van der Waals surface area contributed by atoms with E-state index in [1.165, 1.54) is 0 Å². The molecule has 0 N–H and O–H groups in total. The van der Waals surface area contributed by atoms with Crippen LogP contribution in [-0.2, 0) is 20.5 Å². The molecule has 5 nitrogen and oxygen atoms in total. The van der Waals surface area contributed by atoms with Crippen molar-refractivity contribution in [2.45, 2.75) is 71.1 Å². The monoisotopic (exact) mass is 359 g/mol. The minimum Gasteiger partial charge on any atom is -0.496 e. The van der Waals surface area contributed by atoms with E-state index in [9.17, 15) is 4.79 Å². The lowest BCUT2D eigenvalue weighted by Gasteiger charge is -2.32. The minimum absolute atomic E-state index is 0.152. The van der Waals surface area contributed by atoms with Crippen LogP contribution < -0.4 is 10.2 Å². The minimum atomic E-state index is -0.439. The van der Waals surface area contributed by atoms with Crippen molar-refractivity contribution in [3.8, 4) is 5.75 Å². The highest BCUT2D eigenvalue weighted by molar-refractivity contribution is 6.62. The highest BCUT2D eigenvalue weighted by Gasteiger charge is 2.51. The van der Waals surface area contributed by atoms with Gasteiger partial charge in [-0.3, -0.25) is 4.79 Å². The SMILES string of the molecule is COc1ccc(B2OC(C)(C)C(C)(C)O2)cc1CC(=O)N1CCC[C@H]1C. The normalized spacial score (nSPS) is 24.2. The van der Waals surface area contributed by atoms with Crippen molar-refractivity contribution in [1.29, 1.82) is 0 Å². The second kappa shape index (κ2) is 6.89. The second-order valence-corrected chi connectivity index (χ2v) is 8.41. The van der Waals surface area contributed by atoms with Crippen molar-refractivity contribution >= 4 is 18.5 Å². The van der Waals surface area contributed by atoms with E-state index in [4.69, 9.17) is 14.0 Å². The Morgan fingerprint density at radius 2 is 1.92 bits per heavy atom. The maximum absolute atomic E-state index is 12.7. The Morgan fingerprint density at radius 1 is 1.27 bits per heavy atom. The number of likely N-dealkylation sites (tertiary alicyclic amines) is 1. The van der Waals surface area contributed by atoms with E-state index in [0.29, 0.717) is 12.5 Å². The van der Waals surface area contributed by atoms with Gasteiger partial charge in [-0.25, -0.2) is 0 Å². The van der Waals surface area contributed by atoms with Gasteiger partial charge in [0.2, 0.25) is 5.91 Å². The average molecular weight is 359 g/mol. The summed E-state index contributed by atoms with van der Waals surface area (Å²) in [6.07, 6.45) is 2.50. The third kappa shape index (κ3) is 3.49. The molecule has 26 heavy (non-hydrogen) atoms. The predicted octanol–water partition coefficient (Wildman–Crippen LogP) is 2.55. The van der Waals surface area contributed by atoms with Gasteiger partial charge in [-0.2, -0.15) is 0 Å². The number of ether oxygens (including phenoxy) is 1. The van der Waals surface area contributed by atoms with Crippen LogP contribution in [0.3, 0.4) is 0 Å². The Balaban J connectivity index is 1.82. The molecule has 2 heterocycles. The number of amides is 1. The van der Waals surface area contributed by atoms with Gasteiger partial charge in [0.1, 0.15) is 5.75 Å². The largest absolute Gasteiger partial charge is 0.496 e. The van der Waals surface area contributed by atoms with Crippen molar-refractivity contribution < 1.29 is 18.8 Å². The molecule has 1 aromatic rings. The second-order valence-electron chi connectivity index (χ2n) is 8.41. The standard InChI is InChI=1S/C20H30BNO4/c1-14-8-7-11-22(14)18(23)13-15-12-16(9-10-17(15)24-6)21-25-19(2,3)20(4,5)26-21/h9-10,12,14H,7-8,11,13H2,1-6H3/t14-/m1/s1. The van der Waals surface area contributed by atoms with E-state index in [1.54, 1.807) is 7.11 Å². The number of carbonyl (C=O) groups is 1. The quantitative estimate of drug-likeness (QED) is 0.776. The first-order valence-corrected chi connectivity index (χ1v) is 9.46. The summed E-state index contributed by atoms with van der Waals surface area (Å²) in [5, 5.41) is 0. The van der Waals surface area contributed by atoms with E-state index in [0.717, 1.165) is 36.2 Å². The lowest BCUT2D eigenvalue weighted by molar-refractivity contribution is -0.131. The van der Waals surface area contributed by atoms with E-state index in [1.807, 2.05) is 50.8 Å². The van der Waals surface area contributed by atoms with Crippen molar-refractivity contribution in [2.24, 2.45) is 0 Å². The smallest absolute Gasteiger partial charge is 0.494 e. The third-order valence-electron chi connectivity index (χ3n) is 6.04. The Labute approximate surface area is 157 Å². The number of rotatable bonds is 4. The van der Waals surface area contributed by atoms with Gasteiger partial charge in [0, 0.05) is 18.2 Å². The van der Waals surface area contributed by atoms with Crippen LogP contribution in [0.1, 0.15) is 53.0 Å². The van der Waals surface area contributed by atoms with Crippen molar-refractivity contribution in [3.05, 3.63) is 23.8 Å². The number of nitrogens with zero attached hydrogens (tertiary/aromatic N) is 1. The number of benzene rings is 1. The molecule has 6 heteroatoms. The summed E-state index contributed by atoms with van der Waals surface area (Å²) < 4.78 is 17.8. The summed E-state index contributed by atoms with van der Waals surface area (Å²) in [5.74, 6) is 0.879. The Hall–Kier alpha value is -1.53. The Bertz CT molecular complexity index is 672. The van der Waals surface area contributed by atoms with Crippen molar-refractivity contribution in [1.82, 2.24) is 4.90 Å². The van der Waals surface area contributed by atoms with Gasteiger partial charge < -0.3 is 18.9 Å². The Kier molecular flexibility index (Phi) is 5.10. The molecular weight excluding hydrogens is 329 g/mol. The first kappa shape index (κ1) is 19.2. The number of carbonyl (C=O) groups excluding carboxylic acids is 1. The fraction of sp³-hybridized carbons (Fsp3) is 0.650. The molecule has 2 aliphatic heterocycles. The number of hydrogen-bond acceptors (Lipinski definition) is 4. The van der Waals surface area contributed by atoms with E-state index in [-0.39, 0.29) is 5.91 Å². The van der Waals surface area contributed by atoms with Gasteiger partial charge >= 0.3 is 7.12 Å². The van der Waals surface area contributed by atoms with E-state index >= 15 is 0 Å². The summed E-state index contributed by atoms with van der Waals surface area (Å²) in [6, 6.07) is 6.16. The van der Waals surface area contributed by atoms with Crippen LogP contribution in [0.25, 0.3) is 0 Å². The van der Waals surface area contributed by atoms with Crippen molar-refractivity contribution in [2.75, 3.05) is 13.7 Å². The highest BCUT2D eigenvalue weighted by atomic mass is 16.7. The molecule has 1 amide bonds. The maximum Gasteiger partial charge on any atom is 0.494 e. The summed E-state index contributed by atoms with van der Waals surface area (Å²) in [7, 11) is 1.20. The van der Waals surface area contributed by atoms with Gasteiger partial charge in [0.05, 0.1) is 24.7 Å². The fourth-order valence-corrected chi connectivity index (χ4v) is 3.63. The molecule has 1 atom stereocenters. The molecule has 0 bridgehead atoms. The summed E-state index contributed by atoms with van der Waals surface area (Å²) in [6.45, 7) is 11.1. The van der Waals surface area contributed by atoms with Crippen LogP contribution in [0.4, 0.5) is 0 Å². The average Bonchev–Trinajstić information content (AvgIpc) is 3.08. The van der Waals surface area contributed by atoms with Crippen LogP contribution in [0.2, 0.25) is 0 Å². The zero-order valence-corrected chi connectivity index (χ0v) is 16.8. The predicted molar refractivity (Wildman–Crippen MR) is 103 cm³/mol. The number of methoxy groups -OCH3 is 1. The molecule has 0 radical (unpaired) electrons. The van der Waals surface area contributed by atoms with Gasteiger partial charge in [-0.1, -0.05) is 12.1 Å². The molecule has 1 aromatic carbocycles. The van der Waals surface area contributed by atoms with Crippen LogP contribution in [0, 0.1) is 0 Å². The highest BCUT2D eigenvalue weighted by Crippen LogP contribution is 2.36. The van der Waals surface area contributed by atoms with Crippen molar-refractivity contribution in [3.63, 3.8) is 0 Å². The zero-order chi connectivity index (χ0) is 19.1. The Morgan fingerprint density at radius 3 is 2.46 bits per heavy atom. The van der Waals surface area contributed by atoms with E-state index in [2.05, 4.69) is 6.92 Å². The molecule has 3 rings (SSSR count). The van der Waals surface area contributed by atoms with Gasteiger partial charge in [0.15, 0.2) is 0 Å². The molecule has 2 fully saturated rings. The molecule has 0 aromatic heterocycles. The third-order valence-corrected chi connectivity index (χ3v) is 6.04. The summed E-state index contributed by atoms with van der Waals surface area (Å²) in [4.78, 5) is 14.7. The lowest BCUT2D eigenvalue weighted by Crippen LogP contribution is -2.41. The lowest BCUT2D eigenvalue weighted by atomic mass is 9.78. The van der Waals surface area contributed by atoms with Crippen LogP contribution in [-0.4, -0.2) is 48.8 Å². The van der Waals surface area contributed by atoms with Crippen LogP contribution >= 0.6 is 0 Å². The van der Waals surface area contributed by atoms with Crippen LogP contribution in [0.5, 0.6) is 5.75 Å². The molecule has 0 saturated carbocycles. The molecule has 2 saturated heterocycles. The molecule has 2 aliphatic rings. The fourth-order valence-electron chi connectivity index (χ4n) is 3.63. The summed E-state index contributed by atoms with van der Waals surface area (Å²) in [5.41, 5.74) is 1.02. The van der Waals surface area contributed by atoms with Gasteiger partial charge in [-0.15, -0.1) is 0 Å². The first-order valence-electron chi connectivity index (χ1n) is 9.46. The summed E-state index contributed by atoms with van der Waals surface area (Å²) >= 11 is 0. The first-order chi connectivity index (χ1) is 12.1. The topological polar surface area (TPSA) is 48.0 Å². The molecular formula is C20H30BNO4. The molecule has 0 spiro atoms. The van der Waals surface area contributed by atoms with Crippen LogP contribution in [0.15, 0.2) is 18.2 Å². The zero-order valence-electron chi connectivity index (χ0n) is 16.8. The van der Waals surface area contributed by atoms with Gasteiger partial charge in [-0.05, 0) is 59.0 Å². The van der Waals surface area contributed by atoms with E-state index < -0.39 is 18.3 Å². The molecule has 0 unspecified atom stereocenters. The maximum atomic E-state index is 12.7. The molecule has 142 valence electrons.